The van der Waals surface area contributed by atoms with Gasteiger partial charge in [-0.05, 0) is 25.8 Å². The van der Waals surface area contributed by atoms with Crippen molar-refractivity contribution in [3.8, 4) is 0 Å². The largest absolute Gasteiger partial charge is 0.314 e. The highest BCUT2D eigenvalue weighted by Crippen LogP contribution is 2.44. The summed E-state index contributed by atoms with van der Waals surface area (Å²) in [7, 11) is 2.10. The maximum atomic E-state index is 3.45. The van der Waals surface area contributed by atoms with Crippen molar-refractivity contribution in [1.82, 2.24) is 5.32 Å². The average molecular weight is 141 g/mol. The molecule has 10 heavy (non-hydrogen) atoms. The Labute approximate surface area is 64.2 Å². The van der Waals surface area contributed by atoms with Gasteiger partial charge in [-0.2, -0.15) is 0 Å². The van der Waals surface area contributed by atoms with Crippen molar-refractivity contribution in [3.05, 3.63) is 0 Å². The molecule has 0 bridgehead atoms. The van der Waals surface area contributed by atoms with E-state index in [0.717, 1.165) is 5.92 Å². The summed E-state index contributed by atoms with van der Waals surface area (Å²) in [6, 6.07) is 0. The quantitative estimate of drug-likeness (QED) is 0.632. The normalized spacial score (nSPS) is 21.6. The monoisotopic (exact) mass is 141 g/mol. The van der Waals surface area contributed by atoms with Gasteiger partial charge in [-0.15, -0.1) is 0 Å². The summed E-state index contributed by atoms with van der Waals surface area (Å²) >= 11 is 0. The first-order valence-electron chi connectivity index (χ1n) is 4.48. The summed E-state index contributed by atoms with van der Waals surface area (Å²) in [5.41, 5.74) is 0.559. The topological polar surface area (TPSA) is 12.0 Å². The molecule has 0 spiro atoms. The number of nitrogens with one attached hydrogen (secondary N) is 1. The van der Waals surface area contributed by atoms with Gasteiger partial charge in [-0.1, -0.05) is 26.7 Å². The van der Waals surface area contributed by atoms with E-state index in [1.807, 2.05) is 0 Å². The minimum atomic E-state index is 0.559. The molecular formula is C9H19N. The Hall–Kier alpha value is -0.0400. The molecule has 1 aliphatic carbocycles. The fourth-order valence-corrected chi connectivity index (χ4v) is 2.07. The molecule has 1 nitrogen and oxygen atoms in total. The molecule has 0 radical (unpaired) electrons. The van der Waals surface area contributed by atoms with E-state index in [1.54, 1.807) is 0 Å². The molecule has 0 amide bonds. The number of rotatable bonds is 4. The van der Waals surface area contributed by atoms with E-state index in [1.165, 1.54) is 25.7 Å². The van der Waals surface area contributed by atoms with Crippen LogP contribution in [0, 0.1) is 5.92 Å². The van der Waals surface area contributed by atoms with E-state index >= 15 is 0 Å². The van der Waals surface area contributed by atoms with Crippen molar-refractivity contribution in [3.63, 3.8) is 0 Å². The molecule has 1 N–H and O–H groups in total. The summed E-state index contributed by atoms with van der Waals surface area (Å²) in [5.74, 6) is 0.914. The second-order valence-corrected chi connectivity index (χ2v) is 3.42. The second-order valence-electron chi connectivity index (χ2n) is 3.42. The highest BCUT2D eigenvalue weighted by Gasteiger charge is 2.45. The fourth-order valence-electron chi connectivity index (χ4n) is 2.07. The SMILES string of the molecule is CCC(CC)C1(NC)CC1. The minimum Gasteiger partial charge on any atom is -0.314 e. The van der Waals surface area contributed by atoms with Gasteiger partial charge in [0.15, 0.2) is 0 Å². The molecule has 1 fully saturated rings. The molecule has 1 saturated carbocycles. The average Bonchev–Trinajstić information content (AvgIpc) is 2.72. The van der Waals surface area contributed by atoms with Gasteiger partial charge in [0.1, 0.15) is 0 Å². The molecule has 0 aliphatic heterocycles. The highest BCUT2D eigenvalue weighted by molar-refractivity contribution is 5.04. The van der Waals surface area contributed by atoms with Gasteiger partial charge in [0.2, 0.25) is 0 Å². The molecule has 0 unspecified atom stereocenters. The van der Waals surface area contributed by atoms with Gasteiger partial charge in [0, 0.05) is 5.54 Å². The lowest BCUT2D eigenvalue weighted by Crippen LogP contribution is -2.35. The Morgan fingerprint density at radius 1 is 1.30 bits per heavy atom. The third kappa shape index (κ3) is 1.20. The molecule has 0 aromatic rings. The van der Waals surface area contributed by atoms with Crippen molar-refractivity contribution in [2.24, 2.45) is 5.92 Å². The van der Waals surface area contributed by atoms with Crippen LogP contribution in [0.3, 0.4) is 0 Å². The zero-order valence-electron chi connectivity index (χ0n) is 7.41. The lowest BCUT2D eigenvalue weighted by atomic mass is 9.92. The second kappa shape index (κ2) is 2.91. The van der Waals surface area contributed by atoms with E-state index < -0.39 is 0 Å². The Morgan fingerprint density at radius 2 is 1.80 bits per heavy atom. The first-order chi connectivity index (χ1) is 4.79. The van der Waals surface area contributed by atoms with Crippen molar-refractivity contribution in [2.75, 3.05) is 7.05 Å². The molecule has 0 saturated heterocycles. The van der Waals surface area contributed by atoms with Crippen LogP contribution in [0.25, 0.3) is 0 Å². The predicted molar refractivity (Wildman–Crippen MR) is 45.1 cm³/mol. The highest BCUT2D eigenvalue weighted by atomic mass is 15.0. The van der Waals surface area contributed by atoms with Crippen LogP contribution in [-0.4, -0.2) is 12.6 Å². The molecule has 1 heteroatoms. The minimum absolute atomic E-state index is 0.559. The number of hydrogen-bond acceptors (Lipinski definition) is 1. The third-order valence-electron chi connectivity index (χ3n) is 3.05. The van der Waals surface area contributed by atoms with Crippen molar-refractivity contribution in [1.29, 1.82) is 0 Å². The van der Waals surface area contributed by atoms with E-state index in [9.17, 15) is 0 Å². The standard InChI is InChI=1S/C9H19N/c1-4-8(5-2)9(10-3)6-7-9/h8,10H,4-7H2,1-3H3. The van der Waals surface area contributed by atoms with E-state index in [4.69, 9.17) is 0 Å². The summed E-state index contributed by atoms with van der Waals surface area (Å²) in [6.45, 7) is 4.59. The Kier molecular flexibility index (Phi) is 2.35. The van der Waals surface area contributed by atoms with Crippen LogP contribution >= 0.6 is 0 Å². The summed E-state index contributed by atoms with van der Waals surface area (Å²) < 4.78 is 0. The van der Waals surface area contributed by atoms with Gasteiger partial charge >= 0.3 is 0 Å². The summed E-state index contributed by atoms with van der Waals surface area (Å²) in [6.07, 6.45) is 5.46. The Balaban J connectivity index is 2.43. The van der Waals surface area contributed by atoms with Crippen LogP contribution < -0.4 is 5.32 Å². The van der Waals surface area contributed by atoms with E-state index in [0.29, 0.717) is 5.54 Å². The zero-order valence-corrected chi connectivity index (χ0v) is 7.41. The van der Waals surface area contributed by atoms with Crippen molar-refractivity contribution in [2.45, 2.75) is 45.1 Å². The molecule has 0 aromatic carbocycles. The predicted octanol–water partition coefficient (Wildman–Crippen LogP) is 2.17. The maximum absolute atomic E-state index is 3.45. The van der Waals surface area contributed by atoms with Crippen molar-refractivity contribution < 1.29 is 0 Å². The van der Waals surface area contributed by atoms with Crippen LogP contribution in [0.1, 0.15) is 39.5 Å². The van der Waals surface area contributed by atoms with Crippen LogP contribution in [0.15, 0.2) is 0 Å². The molecule has 1 aliphatic rings. The maximum Gasteiger partial charge on any atom is 0.0207 e. The Bertz CT molecular complexity index is 101. The molecule has 0 atom stereocenters. The van der Waals surface area contributed by atoms with Crippen LogP contribution in [-0.2, 0) is 0 Å². The fraction of sp³-hybridized carbons (Fsp3) is 1.00. The molecule has 0 heterocycles. The lowest BCUT2D eigenvalue weighted by molar-refractivity contribution is 0.332. The van der Waals surface area contributed by atoms with E-state index in [-0.39, 0.29) is 0 Å². The van der Waals surface area contributed by atoms with Crippen LogP contribution in [0.4, 0.5) is 0 Å². The lowest BCUT2D eigenvalue weighted by Gasteiger charge is -2.23. The molecular weight excluding hydrogens is 122 g/mol. The van der Waals surface area contributed by atoms with E-state index in [2.05, 4.69) is 26.2 Å². The Morgan fingerprint density at radius 3 is 1.90 bits per heavy atom. The summed E-state index contributed by atoms with van der Waals surface area (Å²) in [5, 5.41) is 3.45. The zero-order chi connectivity index (χ0) is 7.61. The summed E-state index contributed by atoms with van der Waals surface area (Å²) in [4.78, 5) is 0. The molecule has 1 rings (SSSR count). The van der Waals surface area contributed by atoms with Crippen LogP contribution in [0.2, 0.25) is 0 Å². The molecule has 0 aromatic heterocycles. The van der Waals surface area contributed by atoms with Gasteiger partial charge in [0.05, 0.1) is 0 Å². The third-order valence-corrected chi connectivity index (χ3v) is 3.05. The van der Waals surface area contributed by atoms with Gasteiger partial charge in [-0.25, -0.2) is 0 Å². The first-order valence-corrected chi connectivity index (χ1v) is 4.48. The first kappa shape index (κ1) is 8.06. The van der Waals surface area contributed by atoms with Gasteiger partial charge in [-0.3, -0.25) is 0 Å². The number of hydrogen-bond donors (Lipinski definition) is 1. The van der Waals surface area contributed by atoms with Gasteiger partial charge < -0.3 is 5.32 Å². The van der Waals surface area contributed by atoms with Gasteiger partial charge in [0.25, 0.3) is 0 Å². The van der Waals surface area contributed by atoms with Crippen molar-refractivity contribution >= 4 is 0 Å². The molecule has 60 valence electrons. The van der Waals surface area contributed by atoms with Crippen LogP contribution in [0.5, 0.6) is 0 Å². The smallest absolute Gasteiger partial charge is 0.0207 e.